The van der Waals surface area contributed by atoms with Gasteiger partial charge in [-0.05, 0) is 38.0 Å². The van der Waals surface area contributed by atoms with E-state index in [0.717, 1.165) is 40.9 Å². The summed E-state index contributed by atoms with van der Waals surface area (Å²) in [5.74, 6) is 0.151. The second kappa shape index (κ2) is 7.70. The zero-order valence-corrected chi connectivity index (χ0v) is 17.8. The van der Waals surface area contributed by atoms with E-state index < -0.39 is 5.91 Å². The molecule has 0 radical (unpaired) electrons. The van der Waals surface area contributed by atoms with Gasteiger partial charge < -0.3 is 15.0 Å². The van der Waals surface area contributed by atoms with Crippen LogP contribution in [0.4, 0.5) is 0 Å². The first kappa shape index (κ1) is 19.6. The molecule has 0 aliphatic carbocycles. The van der Waals surface area contributed by atoms with Crippen molar-refractivity contribution in [3.05, 3.63) is 48.3 Å². The Labute approximate surface area is 180 Å². The number of rotatable bonds is 5. The molecule has 1 amide bonds. The summed E-state index contributed by atoms with van der Waals surface area (Å²) in [6.07, 6.45) is 5.33. The van der Waals surface area contributed by atoms with Gasteiger partial charge in [0.25, 0.3) is 5.91 Å². The third kappa shape index (κ3) is 3.33. The number of pyridine rings is 1. The maximum Gasteiger partial charge on any atom is 0.267 e. The number of para-hydroxylation sites is 1. The fraction of sp³-hybridized carbons (Fsp3) is 0.348. The third-order valence-corrected chi connectivity index (χ3v) is 6.10. The molecule has 1 fully saturated rings. The van der Waals surface area contributed by atoms with Crippen LogP contribution in [0.15, 0.2) is 42.6 Å². The lowest BCUT2D eigenvalue weighted by Gasteiger charge is -2.32. The molecule has 0 spiro atoms. The van der Waals surface area contributed by atoms with Crippen molar-refractivity contribution < 1.29 is 9.53 Å². The number of fused-ring (bicyclic) bond motifs is 2. The molecule has 3 aromatic heterocycles. The number of carbonyl (C=O) groups is 1. The molecule has 1 aliphatic heterocycles. The van der Waals surface area contributed by atoms with E-state index in [0.29, 0.717) is 5.65 Å². The lowest BCUT2D eigenvalue weighted by molar-refractivity contribution is 0.0212. The SMILES string of the molecule is CC(Oc1c(-n2ncc3ccc(C(N)=O)nc32)c2ccccc2n1C)N1CCCCC1. The summed E-state index contributed by atoms with van der Waals surface area (Å²) < 4.78 is 10.4. The number of piperidine rings is 1. The van der Waals surface area contributed by atoms with E-state index in [1.54, 1.807) is 16.9 Å². The summed E-state index contributed by atoms with van der Waals surface area (Å²) in [7, 11) is 2.00. The van der Waals surface area contributed by atoms with Crippen LogP contribution in [0.2, 0.25) is 0 Å². The lowest BCUT2D eigenvalue weighted by Crippen LogP contribution is -2.41. The van der Waals surface area contributed by atoms with E-state index in [1.807, 2.05) is 25.2 Å². The van der Waals surface area contributed by atoms with Crippen LogP contribution >= 0.6 is 0 Å². The molecule has 1 atom stereocenters. The van der Waals surface area contributed by atoms with Crippen LogP contribution in [0.25, 0.3) is 27.6 Å². The minimum absolute atomic E-state index is 0.0713. The Kier molecular flexibility index (Phi) is 4.86. The molecular weight excluding hydrogens is 392 g/mol. The maximum atomic E-state index is 11.7. The Morgan fingerprint density at radius 3 is 2.68 bits per heavy atom. The van der Waals surface area contributed by atoms with Crippen LogP contribution in [-0.2, 0) is 7.05 Å². The van der Waals surface area contributed by atoms with Gasteiger partial charge in [-0.25, -0.2) is 9.67 Å². The smallest absolute Gasteiger partial charge is 0.267 e. The molecule has 1 unspecified atom stereocenters. The predicted molar refractivity (Wildman–Crippen MR) is 119 cm³/mol. The molecule has 8 heteroatoms. The summed E-state index contributed by atoms with van der Waals surface area (Å²) in [5.41, 5.74) is 8.10. The maximum absolute atomic E-state index is 11.7. The number of amides is 1. The van der Waals surface area contributed by atoms with Crippen LogP contribution in [-0.4, -0.2) is 49.5 Å². The second-order valence-corrected chi connectivity index (χ2v) is 8.07. The number of hydrogen-bond donors (Lipinski definition) is 1. The van der Waals surface area contributed by atoms with Crippen molar-refractivity contribution in [2.24, 2.45) is 12.8 Å². The van der Waals surface area contributed by atoms with Gasteiger partial charge in [0, 0.05) is 30.9 Å². The number of likely N-dealkylation sites (tertiary alicyclic amines) is 1. The molecule has 0 bridgehead atoms. The highest BCUT2D eigenvalue weighted by atomic mass is 16.5. The topological polar surface area (TPSA) is 91.2 Å². The summed E-state index contributed by atoms with van der Waals surface area (Å²) in [5, 5.41) is 6.43. The van der Waals surface area contributed by atoms with Crippen molar-refractivity contribution >= 4 is 27.8 Å². The number of carbonyl (C=O) groups excluding carboxylic acids is 1. The molecule has 5 rings (SSSR count). The molecule has 8 nitrogen and oxygen atoms in total. The van der Waals surface area contributed by atoms with E-state index >= 15 is 0 Å². The van der Waals surface area contributed by atoms with Gasteiger partial charge in [0.05, 0.1) is 11.7 Å². The quantitative estimate of drug-likeness (QED) is 0.537. The first-order valence-electron chi connectivity index (χ1n) is 10.7. The Bertz CT molecular complexity index is 1270. The van der Waals surface area contributed by atoms with Crippen LogP contribution in [0.1, 0.15) is 36.7 Å². The minimum atomic E-state index is -0.567. The number of aromatic nitrogens is 4. The van der Waals surface area contributed by atoms with Gasteiger partial charge >= 0.3 is 0 Å². The lowest BCUT2D eigenvalue weighted by atomic mass is 10.1. The molecule has 160 valence electrons. The Morgan fingerprint density at radius 2 is 1.90 bits per heavy atom. The van der Waals surface area contributed by atoms with Gasteiger partial charge in [0.2, 0.25) is 5.88 Å². The summed E-state index contributed by atoms with van der Waals surface area (Å²) in [6, 6.07) is 11.6. The Morgan fingerprint density at radius 1 is 1.13 bits per heavy atom. The second-order valence-electron chi connectivity index (χ2n) is 8.07. The van der Waals surface area contributed by atoms with E-state index in [4.69, 9.17) is 10.5 Å². The minimum Gasteiger partial charge on any atom is -0.458 e. The number of aryl methyl sites for hydroxylation is 1. The van der Waals surface area contributed by atoms with Gasteiger partial charge in [0.1, 0.15) is 11.4 Å². The zero-order valence-electron chi connectivity index (χ0n) is 17.8. The van der Waals surface area contributed by atoms with Crippen LogP contribution in [0, 0.1) is 0 Å². The number of nitrogens with zero attached hydrogens (tertiary/aromatic N) is 5. The van der Waals surface area contributed by atoms with Crippen molar-refractivity contribution in [2.75, 3.05) is 13.1 Å². The summed E-state index contributed by atoms with van der Waals surface area (Å²) in [6.45, 7) is 4.17. The van der Waals surface area contributed by atoms with E-state index in [-0.39, 0.29) is 11.9 Å². The van der Waals surface area contributed by atoms with Crippen molar-refractivity contribution in [3.8, 4) is 11.6 Å². The molecule has 0 saturated carbocycles. The van der Waals surface area contributed by atoms with Crippen molar-refractivity contribution in [1.29, 1.82) is 0 Å². The largest absolute Gasteiger partial charge is 0.458 e. The highest BCUT2D eigenvalue weighted by Gasteiger charge is 2.25. The monoisotopic (exact) mass is 418 g/mol. The van der Waals surface area contributed by atoms with Crippen molar-refractivity contribution in [3.63, 3.8) is 0 Å². The predicted octanol–water partition coefficient (Wildman–Crippen LogP) is 3.22. The molecule has 1 aliphatic rings. The number of primary amides is 1. The highest BCUT2D eigenvalue weighted by Crippen LogP contribution is 2.36. The molecule has 2 N–H and O–H groups in total. The fourth-order valence-corrected chi connectivity index (χ4v) is 4.41. The Hall–Kier alpha value is -3.39. The highest BCUT2D eigenvalue weighted by molar-refractivity contribution is 5.96. The number of benzene rings is 1. The van der Waals surface area contributed by atoms with Crippen molar-refractivity contribution in [2.45, 2.75) is 32.4 Å². The van der Waals surface area contributed by atoms with E-state index in [9.17, 15) is 4.79 Å². The number of hydrogen-bond acceptors (Lipinski definition) is 5. The van der Waals surface area contributed by atoms with Gasteiger partial charge in [-0.1, -0.05) is 24.6 Å². The standard InChI is InChI=1S/C23H26N6O2/c1-15(28-12-6-3-7-13-28)31-23-20(17-8-4-5-9-19(17)27(23)2)29-22-16(14-25-29)10-11-18(26-22)21(24)30/h4-5,8-11,14-15H,3,6-7,12-13H2,1-2H3,(H2,24,30). The van der Waals surface area contributed by atoms with Gasteiger partial charge in [-0.2, -0.15) is 5.10 Å². The molecule has 4 heterocycles. The average molecular weight is 419 g/mol. The van der Waals surface area contributed by atoms with Crippen LogP contribution < -0.4 is 10.5 Å². The van der Waals surface area contributed by atoms with Gasteiger partial charge in [-0.15, -0.1) is 0 Å². The fourth-order valence-electron chi connectivity index (χ4n) is 4.41. The van der Waals surface area contributed by atoms with E-state index in [1.165, 1.54) is 19.3 Å². The molecular formula is C23H26N6O2. The third-order valence-electron chi connectivity index (χ3n) is 6.10. The molecule has 1 saturated heterocycles. The normalized spacial score (nSPS) is 16.1. The van der Waals surface area contributed by atoms with E-state index in [2.05, 4.69) is 38.6 Å². The number of nitrogens with two attached hydrogens (primary N) is 1. The van der Waals surface area contributed by atoms with Crippen LogP contribution in [0.5, 0.6) is 5.88 Å². The first-order chi connectivity index (χ1) is 15.0. The molecule has 4 aromatic rings. The van der Waals surface area contributed by atoms with Gasteiger partial charge in [-0.3, -0.25) is 9.69 Å². The number of ether oxygens (including phenoxy) is 1. The van der Waals surface area contributed by atoms with Crippen LogP contribution in [0.3, 0.4) is 0 Å². The van der Waals surface area contributed by atoms with Gasteiger partial charge in [0.15, 0.2) is 11.9 Å². The summed E-state index contributed by atoms with van der Waals surface area (Å²) >= 11 is 0. The first-order valence-corrected chi connectivity index (χ1v) is 10.7. The average Bonchev–Trinajstić information content (AvgIpc) is 3.33. The summed E-state index contributed by atoms with van der Waals surface area (Å²) in [4.78, 5) is 18.6. The van der Waals surface area contributed by atoms with Crippen molar-refractivity contribution in [1.82, 2.24) is 24.2 Å². The Balaban J connectivity index is 1.68. The molecule has 31 heavy (non-hydrogen) atoms. The zero-order chi connectivity index (χ0) is 21.5. The molecule has 1 aromatic carbocycles.